The molecule has 1 aromatic heterocycles. The number of ether oxygens (including phenoxy) is 1. The summed E-state index contributed by atoms with van der Waals surface area (Å²) in [5.41, 5.74) is 1.29. The minimum absolute atomic E-state index is 0.0163. The maximum Gasteiger partial charge on any atom is 0.191 e. The minimum Gasteiger partial charge on any atom is -0.381 e. The topological polar surface area (TPSA) is 70.6 Å². The first-order valence-electron chi connectivity index (χ1n) is 10.4. The van der Waals surface area contributed by atoms with Crippen molar-refractivity contribution in [1.82, 2.24) is 20.9 Å². The second-order valence-corrected chi connectivity index (χ2v) is 8.96. The van der Waals surface area contributed by atoms with E-state index in [1.807, 2.05) is 13.2 Å². The zero-order valence-electron chi connectivity index (χ0n) is 17.7. The van der Waals surface area contributed by atoms with Crippen molar-refractivity contribution in [3.63, 3.8) is 0 Å². The van der Waals surface area contributed by atoms with Crippen LogP contribution in [0.1, 0.15) is 41.3 Å². The van der Waals surface area contributed by atoms with E-state index in [1.165, 1.54) is 10.4 Å². The molecule has 1 aromatic carbocycles. The molecule has 1 aliphatic heterocycles. The first-order valence-corrected chi connectivity index (χ1v) is 11.2. The molecule has 2 aromatic rings. The van der Waals surface area contributed by atoms with E-state index < -0.39 is 0 Å². The van der Waals surface area contributed by atoms with Crippen LogP contribution >= 0.6 is 11.3 Å². The molecule has 158 valence electrons. The number of nitrogens with one attached hydrogen (secondary N) is 3. The molecule has 1 fully saturated rings. The molecule has 0 radical (unpaired) electrons. The summed E-state index contributed by atoms with van der Waals surface area (Å²) in [4.78, 5) is 10.1. The number of guanidine groups is 1. The fourth-order valence-electron chi connectivity index (χ4n) is 3.70. The van der Waals surface area contributed by atoms with Crippen LogP contribution in [0.15, 0.2) is 41.5 Å². The van der Waals surface area contributed by atoms with Gasteiger partial charge in [-0.3, -0.25) is 4.99 Å². The molecule has 1 unspecified atom stereocenters. The summed E-state index contributed by atoms with van der Waals surface area (Å²) in [7, 11) is 1.82. The zero-order chi connectivity index (χ0) is 20.5. The highest BCUT2D eigenvalue weighted by molar-refractivity contribution is 7.11. The summed E-state index contributed by atoms with van der Waals surface area (Å²) >= 11 is 1.75. The van der Waals surface area contributed by atoms with Crippen LogP contribution in [0, 0.1) is 6.92 Å². The monoisotopic (exact) mass is 415 g/mol. The first kappa shape index (κ1) is 21.7. The Kier molecular flexibility index (Phi) is 8.03. The van der Waals surface area contributed by atoms with Crippen molar-refractivity contribution in [3.05, 3.63) is 52.0 Å². The summed E-state index contributed by atoms with van der Waals surface area (Å²) in [5, 5.41) is 12.0. The van der Waals surface area contributed by atoms with Crippen LogP contribution in [0.2, 0.25) is 0 Å². The van der Waals surface area contributed by atoms with Crippen LogP contribution in [0.3, 0.4) is 0 Å². The van der Waals surface area contributed by atoms with Crippen molar-refractivity contribution in [1.29, 1.82) is 0 Å². The van der Waals surface area contributed by atoms with Gasteiger partial charge in [-0.2, -0.15) is 0 Å². The molecule has 0 aliphatic carbocycles. The third kappa shape index (κ3) is 6.52. The normalized spacial score (nSPS) is 17.7. The van der Waals surface area contributed by atoms with Crippen molar-refractivity contribution in [3.8, 4) is 0 Å². The van der Waals surface area contributed by atoms with E-state index in [2.05, 4.69) is 70.1 Å². The fourth-order valence-corrected chi connectivity index (χ4v) is 4.48. The third-order valence-corrected chi connectivity index (χ3v) is 6.36. The lowest BCUT2D eigenvalue weighted by molar-refractivity contribution is 0.0355. The SMILES string of the molecule is CN=C(NCCc1ncc(C)s1)NCC1(NC(C)c2ccccc2)CCOCC1. The van der Waals surface area contributed by atoms with Crippen LogP contribution in [0.4, 0.5) is 0 Å². The second-order valence-electron chi connectivity index (χ2n) is 7.64. The largest absolute Gasteiger partial charge is 0.381 e. The maximum atomic E-state index is 5.64. The Morgan fingerprint density at radius 3 is 2.66 bits per heavy atom. The average molecular weight is 416 g/mol. The van der Waals surface area contributed by atoms with E-state index in [1.54, 1.807) is 11.3 Å². The number of hydrogen-bond donors (Lipinski definition) is 3. The second kappa shape index (κ2) is 10.7. The molecule has 0 saturated carbocycles. The quantitative estimate of drug-likeness (QED) is 0.457. The Labute approximate surface area is 178 Å². The molecule has 6 nitrogen and oxygen atoms in total. The van der Waals surface area contributed by atoms with Gasteiger partial charge in [-0.05, 0) is 32.3 Å². The van der Waals surface area contributed by atoms with Gasteiger partial charge in [0, 0.05) is 62.4 Å². The summed E-state index contributed by atoms with van der Waals surface area (Å²) in [6.07, 6.45) is 4.79. The lowest BCUT2D eigenvalue weighted by atomic mass is 9.88. The number of thiazole rings is 1. The van der Waals surface area contributed by atoms with Gasteiger partial charge in [0.15, 0.2) is 5.96 Å². The van der Waals surface area contributed by atoms with E-state index in [0.717, 1.165) is 56.5 Å². The average Bonchev–Trinajstić information content (AvgIpc) is 3.17. The summed E-state index contributed by atoms with van der Waals surface area (Å²) in [5.74, 6) is 0.832. The number of aliphatic imine (C=N–C) groups is 1. The number of rotatable bonds is 8. The van der Waals surface area contributed by atoms with Gasteiger partial charge >= 0.3 is 0 Å². The summed E-state index contributed by atoms with van der Waals surface area (Å²) < 4.78 is 5.64. The van der Waals surface area contributed by atoms with Crippen LogP contribution in [-0.2, 0) is 11.2 Å². The number of benzene rings is 1. The van der Waals surface area contributed by atoms with Gasteiger partial charge in [-0.25, -0.2) is 4.98 Å². The van der Waals surface area contributed by atoms with Crippen molar-refractivity contribution in [2.75, 3.05) is 33.4 Å². The fraction of sp³-hybridized carbons (Fsp3) is 0.545. The van der Waals surface area contributed by atoms with Gasteiger partial charge in [-0.1, -0.05) is 30.3 Å². The van der Waals surface area contributed by atoms with Crippen molar-refractivity contribution < 1.29 is 4.74 Å². The molecular formula is C22H33N5OS. The lowest BCUT2D eigenvalue weighted by Crippen LogP contribution is -2.58. The number of aromatic nitrogens is 1. The predicted molar refractivity (Wildman–Crippen MR) is 121 cm³/mol. The maximum absolute atomic E-state index is 5.64. The van der Waals surface area contributed by atoms with Gasteiger partial charge in [0.2, 0.25) is 0 Å². The number of nitrogens with zero attached hydrogens (tertiary/aromatic N) is 2. The van der Waals surface area contributed by atoms with E-state index in [9.17, 15) is 0 Å². The van der Waals surface area contributed by atoms with Crippen LogP contribution in [0.25, 0.3) is 0 Å². The Morgan fingerprint density at radius 2 is 2.00 bits per heavy atom. The molecular weight excluding hydrogens is 382 g/mol. The smallest absolute Gasteiger partial charge is 0.191 e. The summed E-state index contributed by atoms with van der Waals surface area (Å²) in [6.45, 7) is 7.51. The third-order valence-electron chi connectivity index (χ3n) is 5.39. The first-order chi connectivity index (χ1) is 14.1. The van der Waals surface area contributed by atoms with E-state index in [-0.39, 0.29) is 11.6 Å². The van der Waals surface area contributed by atoms with Gasteiger partial charge in [0.05, 0.1) is 5.01 Å². The Morgan fingerprint density at radius 1 is 1.24 bits per heavy atom. The van der Waals surface area contributed by atoms with Gasteiger partial charge < -0.3 is 20.7 Å². The Bertz CT molecular complexity index is 771. The van der Waals surface area contributed by atoms with Crippen LogP contribution in [0.5, 0.6) is 0 Å². The predicted octanol–water partition coefficient (Wildman–Crippen LogP) is 3.06. The zero-order valence-corrected chi connectivity index (χ0v) is 18.5. The molecule has 0 amide bonds. The highest BCUT2D eigenvalue weighted by Gasteiger charge is 2.34. The molecule has 1 aliphatic rings. The van der Waals surface area contributed by atoms with Crippen LogP contribution < -0.4 is 16.0 Å². The van der Waals surface area contributed by atoms with Gasteiger partial charge in [0.25, 0.3) is 0 Å². The molecule has 7 heteroatoms. The molecule has 1 saturated heterocycles. The van der Waals surface area contributed by atoms with Gasteiger partial charge in [0.1, 0.15) is 0 Å². The molecule has 2 heterocycles. The van der Waals surface area contributed by atoms with Gasteiger partial charge in [-0.15, -0.1) is 11.3 Å². The van der Waals surface area contributed by atoms with E-state index in [0.29, 0.717) is 0 Å². The molecule has 0 spiro atoms. The van der Waals surface area contributed by atoms with E-state index >= 15 is 0 Å². The van der Waals surface area contributed by atoms with E-state index in [4.69, 9.17) is 4.74 Å². The van der Waals surface area contributed by atoms with Crippen molar-refractivity contribution in [2.24, 2.45) is 4.99 Å². The molecule has 1 atom stereocenters. The van der Waals surface area contributed by atoms with Crippen LogP contribution in [-0.4, -0.2) is 49.8 Å². The number of aryl methyl sites for hydroxylation is 1. The van der Waals surface area contributed by atoms with Crippen molar-refractivity contribution >= 4 is 17.3 Å². The molecule has 3 rings (SSSR count). The molecule has 29 heavy (non-hydrogen) atoms. The molecule has 3 N–H and O–H groups in total. The Hall–Kier alpha value is -1.96. The number of hydrogen-bond acceptors (Lipinski definition) is 5. The molecule has 0 bridgehead atoms. The lowest BCUT2D eigenvalue weighted by Gasteiger charge is -2.41. The highest BCUT2D eigenvalue weighted by atomic mass is 32.1. The minimum atomic E-state index is -0.0163. The Balaban J connectivity index is 1.54. The van der Waals surface area contributed by atoms with Crippen molar-refractivity contribution in [2.45, 2.75) is 44.7 Å². The highest BCUT2D eigenvalue weighted by Crippen LogP contribution is 2.25. The summed E-state index contributed by atoms with van der Waals surface area (Å²) in [6, 6.07) is 10.9. The standard InChI is InChI=1S/C22H33N5OS/c1-17-15-25-20(29-17)9-12-24-21(23-3)26-16-22(10-13-28-14-11-22)27-18(2)19-7-5-4-6-8-19/h4-8,15,18,27H,9-14,16H2,1-3H3,(H2,23,24,26).